The van der Waals surface area contributed by atoms with Gasteiger partial charge in [-0.25, -0.2) is 4.98 Å². The number of amides is 2. The van der Waals surface area contributed by atoms with E-state index in [0.29, 0.717) is 35.4 Å². The minimum Gasteiger partial charge on any atom is -0.330 e. The second-order valence-corrected chi connectivity index (χ2v) is 9.74. The fourth-order valence-electron chi connectivity index (χ4n) is 4.89. The van der Waals surface area contributed by atoms with E-state index >= 15 is 0 Å². The van der Waals surface area contributed by atoms with Crippen LogP contribution in [0.25, 0.3) is 0 Å². The zero-order valence-corrected chi connectivity index (χ0v) is 19.7. The van der Waals surface area contributed by atoms with Crippen LogP contribution in [0.5, 0.6) is 0 Å². The van der Waals surface area contributed by atoms with Crippen molar-refractivity contribution in [2.75, 3.05) is 25.0 Å². The van der Waals surface area contributed by atoms with Gasteiger partial charge < -0.3 is 14.8 Å². The van der Waals surface area contributed by atoms with Crippen LogP contribution in [0.1, 0.15) is 55.0 Å². The molecule has 7 nitrogen and oxygen atoms in total. The van der Waals surface area contributed by atoms with Crippen LogP contribution in [0, 0.1) is 5.92 Å². The van der Waals surface area contributed by atoms with Crippen LogP contribution in [0.3, 0.4) is 0 Å². The number of rotatable bonds is 6. The second kappa shape index (κ2) is 9.31. The molecule has 2 aliphatic heterocycles. The molecule has 1 aromatic carbocycles. The molecular formula is C25H30ClN5O2. The van der Waals surface area contributed by atoms with E-state index in [1.807, 2.05) is 23.1 Å². The van der Waals surface area contributed by atoms with Gasteiger partial charge in [0, 0.05) is 18.7 Å². The maximum atomic E-state index is 13.1. The number of halogens is 1. The summed E-state index contributed by atoms with van der Waals surface area (Å²) in [5.74, 6) is 1.00. The minimum atomic E-state index is -0.228. The molecular weight excluding hydrogens is 438 g/mol. The summed E-state index contributed by atoms with van der Waals surface area (Å²) in [6, 6.07) is 7.53. The van der Waals surface area contributed by atoms with E-state index in [0.717, 1.165) is 31.8 Å². The molecule has 3 aliphatic rings. The van der Waals surface area contributed by atoms with Gasteiger partial charge in [0.25, 0.3) is 5.91 Å². The molecule has 174 valence electrons. The number of para-hydroxylation sites is 1. The summed E-state index contributed by atoms with van der Waals surface area (Å²) >= 11 is 6.23. The predicted molar refractivity (Wildman–Crippen MR) is 128 cm³/mol. The molecule has 2 aromatic rings. The van der Waals surface area contributed by atoms with Crippen LogP contribution in [-0.2, 0) is 11.3 Å². The molecule has 8 heteroatoms. The average Bonchev–Trinajstić information content (AvgIpc) is 3.15. The highest BCUT2D eigenvalue weighted by molar-refractivity contribution is 6.33. The topological polar surface area (TPSA) is 70.5 Å². The van der Waals surface area contributed by atoms with E-state index in [1.165, 1.54) is 12.8 Å². The molecule has 1 saturated carbocycles. The van der Waals surface area contributed by atoms with Crippen molar-refractivity contribution < 1.29 is 9.59 Å². The van der Waals surface area contributed by atoms with Crippen LogP contribution >= 0.6 is 11.6 Å². The molecule has 2 fully saturated rings. The number of carbonyl (C=O) groups excluding carboxylic acids is 2. The van der Waals surface area contributed by atoms with Gasteiger partial charge in [-0.15, -0.1) is 0 Å². The maximum absolute atomic E-state index is 13.1. The Labute approximate surface area is 199 Å². The third-order valence-electron chi connectivity index (χ3n) is 7.29. The first-order valence-corrected chi connectivity index (χ1v) is 12.2. The van der Waals surface area contributed by atoms with Crippen LogP contribution in [0.15, 0.2) is 42.6 Å². The second-order valence-electron chi connectivity index (χ2n) is 9.33. The lowest BCUT2D eigenvalue weighted by atomic mass is 9.78. The Morgan fingerprint density at radius 1 is 1.21 bits per heavy atom. The minimum absolute atomic E-state index is 0.0167. The Hall–Kier alpha value is -2.64. The number of carbonyl (C=O) groups is 2. The summed E-state index contributed by atoms with van der Waals surface area (Å²) in [7, 11) is 0. The molecule has 0 bridgehead atoms. The molecule has 0 spiro atoms. The number of fused-ring (bicyclic) bond motifs is 1. The fraction of sp³-hybridized carbons (Fsp3) is 0.480. The van der Waals surface area contributed by atoms with Gasteiger partial charge in [0.1, 0.15) is 11.5 Å². The zero-order chi connectivity index (χ0) is 22.9. The average molecular weight is 468 g/mol. The Kier molecular flexibility index (Phi) is 6.25. The lowest BCUT2D eigenvalue weighted by Crippen LogP contribution is -2.45. The van der Waals surface area contributed by atoms with Gasteiger partial charge in [-0.3, -0.25) is 14.5 Å². The summed E-state index contributed by atoms with van der Waals surface area (Å²) < 4.78 is 2.06. The van der Waals surface area contributed by atoms with Crippen molar-refractivity contribution in [2.24, 2.45) is 5.92 Å². The number of aromatic nitrogens is 2. The van der Waals surface area contributed by atoms with Crippen LogP contribution in [-0.4, -0.2) is 56.8 Å². The largest absolute Gasteiger partial charge is 0.330 e. The van der Waals surface area contributed by atoms with Gasteiger partial charge >= 0.3 is 0 Å². The van der Waals surface area contributed by atoms with Gasteiger partial charge in [-0.05, 0) is 57.3 Å². The van der Waals surface area contributed by atoms with E-state index < -0.39 is 0 Å². The number of anilines is 1. The number of nitrogens with one attached hydrogen (secondary N) is 1. The molecule has 2 atom stereocenters. The molecule has 33 heavy (non-hydrogen) atoms. The quantitative estimate of drug-likeness (QED) is 0.649. The van der Waals surface area contributed by atoms with Crippen LogP contribution < -0.4 is 5.32 Å². The highest BCUT2D eigenvalue weighted by Crippen LogP contribution is 2.40. The maximum Gasteiger partial charge on any atom is 0.273 e. The summed E-state index contributed by atoms with van der Waals surface area (Å²) in [6.45, 7) is 5.34. The lowest BCUT2D eigenvalue weighted by molar-refractivity contribution is -0.128. The van der Waals surface area contributed by atoms with Gasteiger partial charge in [0.05, 0.1) is 29.5 Å². The number of imidazole rings is 1. The fourth-order valence-corrected chi connectivity index (χ4v) is 5.08. The molecule has 1 aliphatic carbocycles. The number of hydrogen-bond donors (Lipinski definition) is 1. The third kappa shape index (κ3) is 4.44. The van der Waals surface area contributed by atoms with Crippen molar-refractivity contribution in [1.82, 2.24) is 19.4 Å². The predicted octanol–water partition coefficient (Wildman–Crippen LogP) is 4.12. The molecule has 2 amide bonds. The van der Waals surface area contributed by atoms with E-state index in [2.05, 4.69) is 26.7 Å². The Bertz CT molecular complexity index is 1070. The molecule has 1 unspecified atom stereocenters. The summed E-state index contributed by atoms with van der Waals surface area (Å²) in [5, 5.41) is 3.41. The molecule has 5 rings (SSSR count). The third-order valence-corrected chi connectivity index (χ3v) is 7.62. The SMILES string of the molecule is C[C@@H](/C=C/C(=O)N1Cc2ncc(C(=O)Nc3ccccc3Cl)n2C(C2CCC2)C1)N1CCC1. The van der Waals surface area contributed by atoms with Crippen molar-refractivity contribution in [2.45, 2.75) is 51.2 Å². The van der Waals surface area contributed by atoms with Crippen molar-refractivity contribution in [3.63, 3.8) is 0 Å². The zero-order valence-electron chi connectivity index (χ0n) is 18.9. The summed E-state index contributed by atoms with van der Waals surface area (Å²) in [5.41, 5.74) is 1.10. The van der Waals surface area contributed by atoms with Crippen LogP contribution in [0.2, 0.25) is 5.02 Å². The van der Waals surface area contributed by atoms with Gasteiger partial charge in [0.15, 0.2) is 0 Å². The summed E-state index contributed by atoms with van der Waals surface area (Å²) in [6.07, 6.45) is 9.98. The molecule has 1 saturated heterocycles. The molecule has 0 radical (unpaired) electrons. The first-order valence-electron chi connectivity index (χ1n) is 11.8. The number of hydrogen-bond acceptors (Lipinski definition) is 4. The molecule has 1 aromatic heterocycles. The smallest absolute Gasteiger partial charge is 0.273 e. The van der Waals surface area contributed by atoms with E-state index in [4.69, 9.17) is 11.6 Å². The van der Waals surface area contributed by atoms with Gasteiger partial charge in [-0.1, -0.05) is 36.2 Å². The number of benzene rings is 1. The van der Waals surface area contributed by atoms with Crippen molar-refractivity contribution in [3.05, 3.63) is 59.2 Å². The van der Waals surface area contributed by atoms with Crippen molar-refractivity contribution >= 4 is 29.1 Å². The Balaban J connectivity index is 1.36. The van der Waals surface area contributed by atoms with E-state index in [-0.39, 0.29) is 23.9 Å². The lowest BCUT2D eigenvalue weighted by Gasteiger charge is -2.42. The van der Waals surface area contributed by atoms with E-state index in [1.54, 1.807) is 24.4 Å². The standard InChI is InChI=1S/C25H30ClN5O2/c1-17(29-12-5-13-29)10-11-24(32)30-15-22(18-6-4-7-18)31-21(14-27-23(31)16-30)25(33)28-20-9-3-2-8-19(20)26/h2-3,8-11,14,17-18,22H,4-7,12-13,15-16H2,1H3,(H,28,33)/b11-10+/t17-,22?/m0/s1. The highest BCUT2D eigenvalue weighted by atomic mass is 35.5. The van der Waals surface area contributed by atoms with E-state index in [9.17, 15) is 9.59 Å². The number of nitrogens with zero attached hydrogens (tertiary/aromatic N) is 4. The van der Waals surface area contributed by atoms with Gasteiger partial charge in [-0.2, -0.15) is 0 Å². The van der Waals surface area contributed by atoms with Crippen molar-refractivity contribution in [3.8, 4) is 0 Å². The van der Waals surface area contributed by atoms with Gasteiger partial charge in [0.2, 0.25) is 5.91 Å². The van der Waals surface area contributed by atoms with Crippen LogP contribution in [0.4, 0.5) is 5.69 Å². The first-order chi connectivity index (χ1) is 16.0. The van der Waals surface area contributed by atoms with Crippen molar-refractivity contribution in [1.29, 1.82) is 0 Å². The Morgan fingerprint density at radius 3 is 2.67 bits per heavy atom. The molecule has 3 heterocycles. The number of likely N-dealkylation sites (tertiary alicyclic amines) is 1. The normalized spacial score (nSPS) is 21.9. The Morgan fingerprint density at radius 2 is 2.00 bits per heavy atom. The first kappa shape index (κ1) is 22.2. The molecule has 1 N–H and O–H groups in total. The monoisotopic (exact) mass is 467 g/mol. The highest BCUT2D eigenvalue weighted by Gasteiger charge is 2.38. The summed E-state index contributed by atoms with van der Waals surface area (Å²) in [4.78, 5) is 34.9.